The van der Waals surface area contributed by atoms with Crippen molar-refractivity contribution in [2.75, 3.05) is 0 Å². The van der Waals surface area contributed by atoms with Gasteiger partial charge in [0.05, 0.1) is 11.4 Å². The Morgan fingerprint density at radius 2 is 1.48 bits per heavy atom. The number of hydrogen-bond donors (Lipinski definition) is 0. The highest BCUT2D eigenvalue weighted by Crippen LogP contribution is 2.29. The van der Waals surface area contributed by atoms with E-state index in [1.165, 1.54) is 49.2 Å². The minimum absolute atomic E-state index is 0.539. The standard InChI is InChI=1S/C29H38N2.C2H6/c1-5-7-8-15-20-27-28(22-21-24(4)23(3)6-2)31(26-18-13-10-14-19-26)29(30-27)25-16-11-9-12-17-25;1-2/h9-14,16-19,21-24H,5-8,15,20H2,1-4H3;1-2H3/b22-21+;. The van der Waals surface area contributed by atoms with Gasteiger partial charge >= 0.3 is 0 Å². The lowest BCUT2D eigenvalue weighted by Gasteiger charge is -2.15. The molecular weight excluding hydrogens is 400 g/mol. The van der Waals surface area contributed by atoms with Gasteiger partial charge in [-0.1, -0.05) is 122 Å². The fourth-order valence-corrected chi connectivity index (χ4v) is 3.98. The van der Waals surface area contributed by atoms with Crippen molar-refractivity contribution in [3.8, 4) is 17.1 Å². The van der Waals surface area contributed by atoms with Gasteiger partial charge < -0.3 is 0 Å². The van der Waals surface area contributed by atoms with Gasteiger partial charge in [0.15, 0.2) is 0 Å². The molecule has 2 aromatic carbocycles. The number of aryl methyl sites for hydroxylation is 1. The Kier molecular flexibility index (Phi) is 11.7. The zero-order valence-corrected chi connectivity index (χ0v) is 21.7. The smallest absolute Gasteiger partial charge is 0.145 e. The van der Waals surface area contributed by atoms with Crippen LogP contribution in [0.2, 0.25) is 0 Å². The zero-order valence-electron chi connectivity index (χ0n) is 21.7. The third-order valence-corrected chi connectivity index (χ3v) is 6.40. The number of unbranched alkanes of at least 4 members (excludes halogenated alkanes) is 3. The molecule has 0 aliphatic carbocycles. The normalized spacial score (nSPS) is 12.9. The summed E-state index contributed by atoms with van der Waals surface area (Å²) in [6.07, 6.45) is 11.9. The minimum Gasteiger partial charge on any atom is -0.293 e. The van der Waals surface area contributed by atoms with Crippen LogP contribution in [0.5, 0.6) is 0 Å². The summed E-state index contributed by atoms with van der Waals surface area (Å²) in [6, 6.07) is 21.3. The molecule has 1 aromatic heterocycles. The average Bonchev–Trinajstić information content (AvgIpc) is 3.25. The topological polar surface area (TPSA) is 17.8 Å². The largest absolute Gasteiger partial charge is 0.293 e. The van der Waals surface area contributed by atoms with Crippen molar-refractivity contribution >= 4 is 6.08 Å². The van der Waals surface area contributed by atoms with E-state index in [-0.39, 0.29) is 0 Å². The Balaban J connectivity index is 0.00000187. The maximum absolute atomic E-state index is 5.21. The number of allylic oxidation sites excluding steroid dienone is 1. The number of para-hydroxylation sites is 1. The molecule has 1 heterocycles. The first-order valence-electron chi connectivity index (χ1n) is 13.1. The van der Waals surface area contributed by atoms with Gasteiger partial charge in [-0.2, -0.15) is 0 Å². The first kappa shape index (κ1) is 26.6. The molecule has 0 amide bonds. The van der Waals surface area contributed by atoms with E-state index in [0.29, 0.717) is 11.8 Å². The highest BCUT2D eigenvalue weighted by Gasteiger charge is 2.18. The average molecular weight is 445 g/mol. The van der Waals surface area contributed by atoms with Crippen LogP contribution in [0.4, 0.5) is 0 Å². The van der Waals surface area contributed by atoms with E-state index >= 15 is 0 Å². The number of aromatic nitrogens is 2. The lowest BCUT2D eigenvalue weighted by Crippen LogP contribution is -2.04. The third kappa shape index (κ3) is 7.45. The summed E-state index contributed by atoms with van der Waals surface area (Å²) in [4.78, 5) is 5.21. The molecule has 0 aliphatic heterocycles. The second-order valence-corrected chi connectivity index (χ2v) is 8.72. The molecule has 2 atom stereocenters. The molecule has 178 valence electrons. The summed E-state index contributed by atoms with van der Waals surface area (Å²) >= 11 is 0. The summed E-state index contributed by atoms with van der Waals surface area (Å²) in [6.45, 7) is 13.2. The summed E-state index contributed by atoms with van der Waals surface area (Å²) in [5.74, 6) is 2.25. The van der Waals surface area contributed by atoms with Gasteiger partial charge in [-0.3, -0.25) is 4.57 Å². The van der Waals surface area contributed by atoms with Crippen molar-refractivity contribution < 1.29 is 0 Å². The third-order valence-electron chi connectivity index (χ3n) is 6.40. The molecule has 0 radical (unpaired) electrons. The van der Waals surface area contributed by atoms with Gasteiger partial charge in [0.2, 0.25) is 0 Å². The highest BCUT2D eigenvalue weighted by atomic mass is 15.1. The van der Waals surface area contributed by atoms with Crippen LogP contribution in [0, 0.1) is 11.8 Å². The first-order valence-corrected chi connectivity index (χ1v) is 13.1. The van der Waals surface area contributed by atoms with Gasteiger partial charge in [0.1, 0.15) is 5.82 Å². The van der Waals surface area contributed by atoms with Crippen LogP contribution in [-0.2, 0) is 6.42 Å². The van der Waals surface area contributed by atoms with Crippen LogP contribution in [0.1, 0.15) is 85.0 Å². The molecule has 2 heteroatoms. The van der Waals surface area contributed by atoms with E-state index in [4.69, 9.17) is 4.98 Å². The molecule has 0 saturated heterocycles. The van der Waals surface area contributed by atoms with E-state index in [0.717, 1.165) is 17.8 Å². The summed E-state index contributed by atoms with van der Waals surface area (Å²) in [5, 5.41) is 0. The Bertz CT molecular complexity index is 938. The van der Waals surface area contributed by atoms with E-state index < -0.39 is 0 Å². The Hall–Kier alpha value is -2.61. The molecule has 33 heavy (non-hydrogen) atoms. The van der Waals surface area contributed by atoms with E-state index in [1.54, 1.807) is 0 Å². The van der Waals surface area contributed by atoms with Gasteiger partial charge in [0.25, 0.3) is 0 Å². The highest BCUT2D eigenvalue weighted by molar-refractivity contribution is 5.65. The van der Waals surface area contributed by atoms with Crippen LogP contribution in [0.15, 0.2) is 66.7 Å². The van der Waals surface area contributed by atoms with E-state index in [2.05, 4.69) is 105 Å². The number of imidazole rings is 1. The molecule has 0 saturated carbocycles. The van der Waals surface area contributed by atoms with Gasteiger partial charge in [0, 0.05) is 11.3 Å². The van der Waals surface area contributed by atoms with Crippen LogP contribution in [0.25, 0.3) is 23.2 Å². The van der Waals surface area contributed by atoms with E-state index in [1.807, 2.05) is 13.8 Å². The quantitative estimate of drug-likeness (QED) is 0.269. The molecular formula is C31H44N2. The van der Waals surface area contributed by atoms with Crippen molar-refractivity contribution in [2.45, 2.75) is 80.1 Å². The van der Waals surface area contributed by atoms with Crippen molar-refractivity contribution in [3.63, 3.8) is 0 Å². The predicted octanol–water partition coefficient (Wildman–Crippen LogP) is 9.38. The van der Waals surface area contributed by atoms with Crippen LogP contribution < -0.4 is 0 Å². The van der Waals surface area contributed by atoms with Crippen LogP contribution >= 0.6 is 0 Å². The molecule has 0 aliphatic rings. The molecule has 0 spiro atoms. The Morgan fingerprint density at radius 1 is 0.848 bits per heavy atom. The lowest BCUT2D eigenvalue weighted by atomic mass is 9.93. The number of benzene rings is 2. The summed E-state index contributed by atoms with van der Waals surface area (Å²) in [5.41, 5.74) is 4.78. The molecule has 0 fully saturated rings. The predicted molar refractivity (Wildman–Crippen MR) is 146 cm³/mol. The molecule has 0 N–H and O–H groups in total. The van der Waals surface area contributed by atoms with Gasteiger partial charge in [-0.05, 0) is 42.9 Å². The summed E-state index contributed by atoms with van der Waals surface area (Å²) < 4.78 is 2.35. The fourth-order valence-electron chi connectivity index (χ4n) is 3.98. The minimum atomic E-state index is 0.539. The fraction of sp³-hybridized carbons (Fsp3) is 0.452. The molecule has 2 unspecified atom stereocenters. The summed E-state index contributed by atoms with van der Waals surface area (Å²) in [7, 11) is 0. The molecule has 3 rings (SSSR count). The Labute approximate surface area is 202 Å². The second kappa shape index (κ2) is 14.5. The van der Waals surface area contributed by atoms with Crippen molar-refractivity contribution in [1.82, 2.24) is 9.55 Å². The molecule has 2 nitrogen and oxygen atoms in total. The molecule has 3 aromatic rings. The Morgan fingerprint density at radius 3 is 2.09 bits per heavy atom. The lowest BCUT2D eigenvalue weighted by molar-refractivity contribution is 0.447. The van der Waals surface area contributed by atoms with Crippen molar-refractivity contribution in [1.29, 1.82) is 0 Å². The zero-order chi connectivity index (χ0) is 24.1. The molecule has 0 bridgehead atoms. The van der Waals surface area contributed by atoms with Crippen LogP contribution in [-0.4, -0.2) is 9.55 Å². The first-order chi connectivity index (χ1) is 16.2. The van der Waals surface area contributed by atoms with E-state index in [9.17, 15) is 0 Å². The SMILES string of the molecule is CC.CCCCCCc1nc(-c2ccccc2)n(-c2ccccc2)c1/C=C/C(C)C(C)CC. The number of rotatable bonds is 11. The number of hydrogen-bond acceptors (Lipinski definition) is 1. The van der Waals surface area contributed by atoms with Crippen molar-refractivity contribution in [2.24, 2.45) is 11.8 Å². The number of nitrogens with zero attached hydrogens (tertiary/aromatic N) is 2. The maximum Gasteiger partial charge on any atom is 0.145 e. The van der Waals surface area contributed by atoms with Crippen LogP contribution in [0.3, 0.4) is 0 Å². The van der Waals surface area contributed by atoms with Gasteiger partial charge in [-0.15, -0.1) is 0 Å². The van der Waals surface area contributed by atoms with Crippen molar-refractivity contribution in [3.05, 3.63) is 78.1 Å². The maximum atomic E-state index is 5.21. The van der Waals surface area contributed by atoms with Gasteiger partial charge in [-0.25, -0.2) is 4.98 Å². The second-order valence-electron chi connectivity index (χ2n) is 8.72. The monoisotopic (exact) mass is 444 g/mol.